The van der Waals surface area contributed by atoms with E-state index in [1.807, 2.05) is 91.0 Å². The van der Waals surface area contributed by atoms with E-state index in [4.69, 9.17) is 28.2 Å². The van der Waals surface area contributed by atoms with Crippen LogP contribution in [-0.2, 0) is 0 Å². The number of fused-ring (bicyclic) bond motifs is 9. The van der Waals surface area contributed by atoms with Crippen molar-refractivity contribution in [2.45, 2.75) is 0 Å². The van der Waals surface area contributed by atoms with Crippen molar-refractivity contribution in [2.24, 2.45) is 0 Å². The second kappa shape index (κ2) is 12.3. The summed E-state index contributed by atoms with van der Waals surface area (Å²) in [4.78, 5) is 14.8. The van der Waals surface area contributed by atoms with Crippen LogP contribution >= 0.6 is 0 Å². The highest BCUT2D eigenvalue weighted by atomic mass is 16.3. The van der Waals surface area contributed by atoms with Gasteiger partial charge in [-0.15, -0.1) is 0 Å². The van der Waals surface area contributed by atoms with Crippen molar-refractivity contribution in [3.8, 4) is 56.4 Å². The Morgan fingerprint density at radius 2 is 0.754 bits per heavy atom. The summed E-state index contributed by atoms with van der Waals surface area (Å²) in [7, 11) is 0. The van der Waals surface area contributed by atoms with Crippen LogP contribution in [0, 0.1) is 0 Å². The van der Waals surface area contributed by atoms with Gasteiger partial charge in [0, 0.05) is 65.7 Å². The van der Waals surface area contributed by atoms with Crippen molar-refractivity contribution in [1.82, 2.24) is 15.0 Å². The zero-order valence-electron chi connectivity index (χ0n) is 30.3. The first-order valence-electron chi connectivity index (χ1n) is 18.9. The van der Waals surface area contributed by atoms with Crippen LogP contribution in [-0.4, -0.2) is 15.0 Å². The minimum atomic E-state index is 0.595. The molecule has 266 valence electrons. The summed E-state index contributed by atoms with van der Waals surface area (Å²) in [6, 6.07) is 59.7. The molecule has 0 saturated heterocycles. The summed E-state index contributed by atoms with van der Waals surface area (Å²) >= 11 is 0. The smallest absolute Gasteiger partial charge is 0.164 e. The van der Waals surface area contributed by atoms with Gasteiger partial charge < -0.3 is 13.3 Å². The summed E-state index contributed by atoms with van der Waals surface area (Å²) in [6.45, 7) is 0. The second-order valence-corrected chi connectivity index (χ2v) is 14.3. The van der Waals surface area contributed by atoms with Gasteiger partial charge in [0.1, 0.15) is 33.5 Å². The van der Waals surface area contributed by atoms with Gasteiger partial charge in [-0.1, -0.05) is 140 Å². The summed E-state index contributed by atoms with van der Waals surface area (Å²) in [5, 5.41) is 6.29. The van der Waals surface area contributed by atoms with Crippen molar-refractivity contribution >= 4 is 65.8 Å². The molecule has 0 radical (unpaired) electrons. The molecule has 0 aliphatic carbocycles. The Bertz CT molecular complexity index is 3470. The van der Waals surface area contributed by atoms with Gasteiger partial charge in [-0.3, -0.25) is 0 Å². The van der Waals surface area contributed by atoms with Gasteiger partial charge in [-0.05, 0) is 42.0 Å². The van der Waals surface area contributed by atoms with Gasteiger partial charge in [0.05, 0.1) is 0 Å². The fourth-order valence-electron chi connectivity index (χ4n) is 8.24. The molecular formula is C51H29N3O3. The van der Waals surface area contributed by atoms with Crippen LogP contribution in [0.5, 0.6) is 0 Å². The first-order chi connectivity index (χ1) is 28.2. The Hall–Kier alpha value is -7.83. The third-order valence-electron chi connectivity index (χ3n) is 11.0. The molecule has 12 aromatic rings. The van der Waals surface area contributed by atoms with Crippen LogP contribution in [0.2, 0.25) is 0 Å². The fraction of sp³-hybridized carbons (Fsp3) is 0. The number of para-hydroxylation sites is 4. The number of benzene rings is 8. The van der Waals surface area contributed by atoms with Gasteiger partial charge in [-0.2, -0.15) is 0 Å². The molecule has 4 heterocycles. The molecule has 6 heteroatoms. The normalized spacial score (nSPS) is 11.9. The third-order valence-corrected chi connectivity index (χ3v) is 11.0. The van der Waals surface area contributed by atoms with E-state index in [2.05, 4.69) is 84.9 Å². The van der Waals surface area contributed by atoms with Gasteiger partial charge in [0.15, 0.2) is 17.5 Å². The zero-order chi connectivity index (χ0) is 37.5. The molecule has 0 spiro atoms. The molecule has 0 bridgehead atoms. The molecule has 4 aromatic heterocycles. The highest BCUT2D eigenvalue weighted by Crippen LogP contribution is 2.44. The van der Waals surface area contributed by atoms with Crippen molar-refractivity contribution in [3.05, 3.63) is 176 Å². The first-order valence-corrected chi connectivity index (χ1v) is 18.9. The number of hydrogen-bond donors (Lipinski definition) is 0. The molecule has 0 fully saturated rings. The Balaban J connectivity index is 0.997. The van der Waals surface area contributed by atoms with Gasteiger partial charge in [0.25, 0.3) is 0 Å². The number of furan rings is 3. The van der Waals surface area contributed by atoms with E-state index in [-0.39, 0.29) is 0 Å². The lowest BCUT2D eigenvalue weighted by Crippen LogP contribution is -2.00. The zero-order valence-corrected chi connectivity index (χ0v) is 30.3. The van der Waals surface area contributed by atoms with Crippen molar-refractivity contribution in [2.75, 3.05) is 0 Å². The van der Waals surface area contributed by atoms with Crippen molar-refractivity contribution in [1.29, 1.82) is 0 Å². The quantitative estimate of drug-likeness (QED) is 0.175. The largest absolute Gasteiger partial charge is 0.456 e. The molecule has 0 aliphatic rings. The number of aromatic nitrogens is 3. The number of nitrogens with zero attached hydrogens (tertiary/aromatic N) is 3. The number of hydrogen-bond acceptors (Lipinski definition) is 6. The monoisotopic (exact) mass is 731 g/mol. The van der Waals surface area contributed by atoms with E-state index in [1.54, 1.807) is 0 Å². The van der Waals surface area contributed by atoms with Crippen molar-refractivity contribution < 1.29 is 13.3 Å². The Labute approximate surface area is 325 Å². The van der Waals surface area contributed by atoms with Crippen LogP contribution in [0.3, 0.4) is 0 Å². The third kappa shape index (κ3) is 5.01. The van der Waals surface area contributed by atoms with Crippen LogP contribution in [0.1, 0.15) is 0 Å². The van der Waals surface area contributed by atoms with E-state index in [0.29, 0.717) is 17.5 Å². The highest BCUT2D eigenvalue weighted by molar-refractivity contribution is 6.17. The fourth-order valence-corrected chi connectivity index (χ4v) is 8.24. The molecule has 0 atom stereocenters. The molecule has 0 aliphatic heterocycles. The maximum absolute atomic E-state index is 6.90. The lowest BCUT2D eigenvalue weighted by atomic mass is 9.98. The number of rotatable bonds is 5. The SMILES string of the molecule is c1ccc(-c2nc(-c3ccccc3)nc(-c3ccc4oc5c(-c6cccc7c6oc6c(-c8ccc9c(c8)oc8ccccc89)cccc67)cccc5c4c3)n2)cc1. The van der Waals surface area contributed by atoms with Gasteiger partial charge in [0.2, 0.25) is 0 Å². The predicted octanol–water partition coefficient (Wildman–Crippen LogP) is 13.9. The van der Waals surface area contributed by atoms with Crippen LogP contribution in [0.4, 0.5) is 0 Å². The average molecular weight is 732 g/mol. The lowest BCUT2D eigenvalue weighted by molar-refractivity contribution is 0.665. The second-order valence-electron chi connectivity index (χ2n) is 14.3. The van der Waals surface area contributed by atoms with Crippen molar-refractivity contribution in [3.63, 3.8) is 0 Å². The summed E-state index contributed by atoms with van der Waals surface area (Å²) < 4.78 is 19.8. The van der Waals surface area contributed by atoms with E-state index in [9.17, 15) is 0 Å². The topological polar surface area (TPSA) is 78.1 Å². The molecule has 57 heavy (non-hydrogen) atoms. The highest BCUT2D eigenvalue weighted by Gasteiger charge is 2.21. The minimum absolute atomic E-state index is 0.595. The average Bonchev–Trinajstić information content (AvgIpc) is 3.98. The predicted molar refractivity (Wildman–Crippen MR) is 229 cm³/mol. The first kappa shape index (κ1) is 31.5. The summed E-state index contributed by atoms with van der Waals surface area (Å²) in [5.74, 6) is 1.84. The van der Waals surface area contributed by atoms with E-state index >= 15 is 0 Å². The molecule has 8 aromatic carbocycles. The molecule has 6 nitrogen and oxygen atoms in total. The maximum atomic E-state index is 6.90. The maximum Gasteiger partial charge on any atom is 0.164 e. The molecule has 0 N–H and O–H groups in total. The Morgan fingerprint density at radius 3 is 1.44 bits per heavy atom. The molecule has 0 saturated carbocycles. The van der Waals surface area contributed by atoms with E-state index in [1.165, 1.54) is 0 Å². The van der Waals surface area contributed by atoms with Crippen LogP contribution in [0.15, 0.2) is 189 Å². The molecular weight excluding hydrogens is 703 g/mol. The van der Waals surface area contributed by atoms with Gasteiger partial charge >= 0.3 is 0 Å². The standard InChI is InChI=1S/C51H29N3O3/c1-3-12-30(13-4-1)49-52-50(31-14-5-2-6-15-31)54-51(53-49)33-25-27-44-42(28-33)41-22-11-19-38(47(41)56-44)40-21-10-20-39-37-18-9-17-34(46(37)57-48(39)40)32-24-26-36-35-16-7-8-23-43(35)55-45(36)29-32/h1-29H. The van der Waals surface area contributed by atoms with E-state index in [0.717, 1.165) is 105 Å². The molecule has 12 rings (SSSR count). The van der Waals surface area contributed by atoms with Crippen LogP contribution < -0.4 is 0 Å². The minimum Gasteiger partial charge on any atom is -0.456 e. The van der Waals surface area contributed by atoms with Crippen LogP contribution in [0.25, 0.3) is 122 Å². The summed E-state index contributed by atoms with van der Waals surface area (Å²) in [5.41, 5.74) is 11.6. The van der Waals surface area contributed by atoms with Gasteiger partial charge in [-0.25, -0.2) is 15.0 Å². The van der Waals surface area contributed by atoms with E-state index < -0.39 is 0 Å². The Kier molecular flexibility index (Phi) is 6.83. The molecule has 0 amide bonds. The molecule has 0 unspecified atom stereocenters. The summed E-state index contributed by atoms with van der Waals surface area (Å²) in [6.07, 6.45) is 0. The lowest BCUT2D eigenvalue weighted by Gasteiger charge is -2.08. The Morgan fingerprint density at radius 1 is 0.263 bits per heavy atom.